The highest BCUT2D eigenvalue weighted by molar-refractivity contribution is 8.04. The lowest BCUT2D eigenvalue weighted by Gasteiger charge is -2.25. The molecule has 1 atom stereocenters. The summed E-state index contributed by atoms with van der Waals surface area (Å²) in [5.41, 5.74) is 0.594. The molecule has 5 aromatic rings. The first kappa shape index (κ1) is 57.6. The molecule has 0 spiro atoms. The van der Waals surface area contributed by atoms with Crippen molar-refractivity contribution in [1.29, 1.82) is 0 Å². The molecule has 5 rings (SSSR count). The number of hydrogen-bond donors (Lipinski definition) is 6. The van der Waals surface area contributed by atoms with Crippen LogP contribution >= 0.6 is 34.9 Å². The van der Waals surface area contributed by atoms with Crippen molar-refractivity contribution in [2.45, 2.75) is 136 Å². The van der Waals surface area contributed by atoms with E-state index in [1.807, 2.05) is 6.92 Å². The molecule has 0 fully saturated rings. The average Bonchev–Trinajstić information content (AvgIpc) is 3.84. The second-order valence-corrected chi connectivity index (χ2v) is 21.1. The van der Waals surface area contributed by atoms with E-state index in [2.05, 4.69) is 33.1 Å². The summed E-state index contributed by atoms with van der Waals surface area (Å²) < 4.78 is 16.9. The second kappa shape index (κ2) is 29.4. The van der Waals surface area contributed by atoms with Crippen molar-refractivity contribution in [1.82, 2.24) is 20.8 Å². The number of esters is 1. The van der Waals surface area contributed by atoms with Crippen molar-refractivity contribution >= 4 is 86.8 Å². The maximum atomic E-state index is 14.6. The van der Waals surface area contributed by atoms with Gasteiger partial charge in [-0.05, 0) is 56.2 Å². The van der Waals surface area contributed by atoms with Gasteiger partial charge >= 0.3 is 12.1 Å². The van der Waals surface area contributed by atoms with E-state index in [1.165, 1.54) is 102 Å². The number of anilines is 2. The number of phenols is 3. The number of benzene rings is 4. The third-order valence-corrected chi connectivity index (χ3v) is 15.3. The summed E-state index contributed by atoms with van der Waals surface area (Å²) in [5.74, 6) is -4.24. The lowest BCUT2D eigenvalue weighted by Crippen LogP contribution is -2.35. The summed E-state index contributed by atoms with van der Waals surface area (Å²) in [6, 6.07) is 13.7. The van der Waals surface area contributed by atoms with Crippen molar-refractivity contribution in [3.63, 3.8) is 0 Å². The number of unbranched alkanes of at least 4 members (excludes halogenated alkanes) is 13. The zero-order valence-corrected chi connectivity index (χ0v) is 44.9. The number of nitrogens with one attached hydrogen (secondary N) is 3. The molecule has 17 nitrogen and oxygen atoms in total. The maximum Gasteiger partial charge on any atom is 0.419 e. The number of aromatic nitrogens is 2. The van der Waals surface area contributed by atoms with Crippen molar-refractivity contribution in [2.24, 2.45) is 0 Å². The number of nitrogens with zero attached hydrogens (tertiary/aromatic N) is 3. The van der Waals surface area contributed by atoms with E-state index in [0.717, 1.165) is 60.5 Å². The molecule has 73 heavy (non-hydrogen) atoms. The minimum atomic E-state index is -0.952. The van der Waals surface area contributed by atoms with E-state index in [9.17, 15) is 39.3 Å². The lowest BCUT2D eigenvalue weighted by atomic mass is 10.0. The summed E-state index contributed by atoms with van der Waals surface area (Å²) in [4.78, 5) is 67.8. The fourth-order valence-electron chi connectivity index (χ4n) is 7.99. The molecule has 0 radical (unpaired) electrons. The molecule has 0 saturated heterocycles. The number of amides is 4. The molecule has 0 aliphatic rings. The largest absolute Gasteiger partial charge is 0.506 e. The van der Waals surface area contributed by atoms with Crippen LogP contribution in [0.15, 0.2) is 68.2 Å². The van der Waals surface area contributed by atoms with Crippen LogP contribution in [-0.4, -0.2) is 94.9 Å². The topological polar surface area (TPSA) is 239 Å². The Hall–Kier alpha value is -6.25. The van der Waals surface area contributed by atoms with Crippen LogP contribution in [0.1, 0.15) is 148 Å². The van der Waals surface area contributed by atoms with Gasteiger partial charge in [-0.15, -0.1) is 10.2 Å². The fraction of sp³-hybridized carbons (Fsp3) is 0.453. The molecule has 0 aliphatic carbocycles. The van der Waals surface area contributed by atoms with Gasteiger partial charge in [0.15, 0.2) is 20.2 Å². The van der Waals surface area contributed by atoms with Crippen molar-refractivity contribution in [3.8, 4) is 28.7 Å². The maximum absolute atomic E-state index is 14.6. The van der Waals surface area contributed by atoms with Crippen LogP contribution in [-0.2, 0) is 9.53 Å². The summed E-state index contributed by atoms with van der Waals surface area (Å²) in [7, 11) is 4.19. The number of rotatable bonds is 29. The number of phenolic OH excluding ortho intramolecular Hbond substituents is 3. The van der Waals surface area contributed by atoms with Gasteiger partial charge in [-0.1, -0.05) is 150 Å². The molecular weight excluding hydrogens is 993 g/mol. The minimum Gasteiger partial charge on any atom is -0.506 e. The third-order valence-electron chi connectivity index (χ3n) is 12.0. The molecule has 4 aromatic carbocycles. The Morgan fingerprint density at radius 2 is 1.36 bits per heavy atom. The van der Waals surface area contributed by atoms with Crippen LogP contribution < -0.4 is 30.3 Å². The first-order valence-corrected chi connectivity index (χ1v) is 27.4. The van der Waals surface area contributed by atoms with Gasteiger partial charge in [0.05, 0.1) is 41.6 Å². The summed E-state index contributed by atoms with van der Waals surface area (Å²) in [6.45, 7) is 6.19. The van der Waals surface area contributed by atoms with Gasteiger partial charge in [-0.25, -0.2) is 4.79 Å². The van der Waals surface area contributed by atoms with Crippen molar-refractivity contribution in [3.05, 3.63) is 71.3 Å². The van der Waals surface area contributed by atoms with Gasteiger partial charge in [0.1, 0.15) is 16.7 Å². The molecule has 394 valence electrons. The van der Waals surface area contributed by atoms with Gasteiger partial charge in [0.2, 0.25) is 5.75 Å². The van der Waals surface area contributed by atoms with Crippen LogP contribution in [0.5, 0.6) is 28.7 Å². The van der Waals surface area contributed by atoms with Gasteiger partial charge in [-0.2, -0.15) is 0 Å². The lowest BCUT2D eigenvalue weighted by molar-refractivity contribution is -0.139. The Morgan fingerprint density at radius 3 is 1.99 bits per heavy atom. The summed E-state index contributed by atoms with van der Waals surface area (Å²) in [5, 5.41) is 51.1. The predicted molar refractivity (Wildman–Crippen MR) is 287 cm³/mol. The monoisotopic (exact) mass is 1060 g/mol. The molecule has 1 heterocycles. The van der Waals surface area contributed by atoms with Crippen LogP contribution in [0.3, 0.4) is 0 Å². The standard InChI is InChI=1S/C53H68N6O11S3/c1-7-9-10-11-12-13-14-15-16-17-18-19-20-21-30-59(40-24-22-23-36-35(40)26-27-37(43(36)60)49(65)56-39-31-34(47(63)54-4)25-28-41(39)68-5)53(67)70-42-32-38(48(64)55-29-8-2)46(45(62)44(42)61)72-52-58-57-51(73-52)71-33(3)50(66)69-6/h22-28,31-33,60-62H,7-21,29-30H2,1-6H3,(H,54,63)(H,55,64)(H,56,65). The highest BCUT2D eigenvalue weighted by atomic mass is 32.2. The summed E-state index contributed by atoms with van der Waals surface area (Å²) >= 11 is 3.09. The Bertz CT molecular complexity index is 2680. The molecule has 0 aliphatic heterocycles. The summed E-state index contributed by atoms with van der Waals surface area (Å²) in [6.07, 6.45) is 15.5. The first-order valence-electron chi connectivity index (χ1n) is 24.8. The number of methoxy groups -OCH3 is 2. The minimum absolute atomic E-state index is 0.0686. The zero-order valence-electron chi connectivity index (χ0n) is 42.5. The zero-order chi connectivity index (χ0) is 52.9. The predicted octanol–water partition coefficient (Wildman–Crippen LogP) is 11.9. The van der Waals surface area contributed by atoms with Crippen LogP contribution in [0.25, 0.3) is 10.8 Å². The number of thioether (sulfide) groups is 1. The van der Waals surface area contributed by atoms with Gasteiger partial charge < -0.3 is 45.5 Å². The number of carbonyl (C=O) groups excluding carboxylic acids is 5. The van der Waals surface area contributed by atoms with E-state index in [0.29, 0.717) is 28.3 Å². The number of fused-ring (bicyclic) bond motifs is 1. The van der Waals surface area contributed by atoms with E-state index >= 15 is 0 Å². The van der Waals surface area contributed by atoms with Crippen molar-refractivity contribution < 1.29 is 53.5 Å². The highest BCUT2D eigenvalue weighted by Gasteiger charge is 2.29. The average molecular weight is 1060 g/mol. The Morgan fingerprint density at radius 1 is 0.699 bits per heavy atom. The van der Waals surface area contributed by atoms with Crippen LogP contribution in [0.2, 0.25) is 0 Å². The third kappa shape index (κ3) is 16.1. The molecule has 4 amide bonds. The smallest absolute Gasteiger partial charge is 0.419 e. The molecule has 0 saturated carbocycles. The quantitative estimate of drug-likeness (QED) is 0.0113. The van der Waals surface area contributed by atoms with Crippen LogP contribution in [0.4, 0.5) is 16.2 Å². The van der Waals surface area contributed by atoms with Crippen molar-refractivity contribution in [2.75, 3.05) is 44.6 Å². The van der Waals surface area contributed by atoms with Gasteiger partial charge in [0, 0.05) is 36.5 Å². The molecule has 1 unspecified atom stereocenters. The Labute approximate surface area is 439 Å². The molecule has 20 heteroatoms. The Kier molecular flexibility index (Phi) is 23.3. The first-order chi connectivity index (χ1) is 35.3. The number of carbonyl (C=O) groups is 5. The number of ether oxygens (including phenoxy) is 3. The molecule has 1 aromatic heterocycles. The number of hydrogen-bond acceptors (Lipinski definition) is 16. The van der Waals surface area contributed by atoms with E-state index in [-0.39, 0.29) is 67.5 Å². The molecular formula is C53H68N6O11S3. The van der Waals surface area contributed by atoms with Gasteiger partial charge in [-0.3, -0.25) is 24.1 Å². The normalized spacial score (nSPS) is 11.5. The number of aromatic hydroxyl groups is 3. The van der Waals surface area contributed by atoms with E-state index in [4.69, 9.17) is 14.2 Å². The second-order valence-electron chi connectivity index (χ2n) is 17.3. The SMILES string of the molecule is CCCCCCCCCCCCCCCCN(C(=O)Oc1cc(C(=O)NCCC)c(Sc2nnc(SC(C)C(=O)OC)s2)c(O)c1O)c1cccc2c(O)c(C(=O)Nc3cc(C(=O)NC)ccc3OC)ccc12. The van der Waals surface area contributed by atoms with E-state index in [1.54, 1.807) is 43.3 Å². The Balaban J connectivity index is 1.42. The van der Waals surface area contributed by atoms with Crippen LogP contribution in [0, 0.1) is 0 Å². The molecule has 0 bridgehead atoms. The fourth-order valence-corrected chi connectivity index (χ4v) is 11.3. The van der Waals surface area contributed by atoms with Gasteiger partial charge in [0.25, 0.3) is 17.7 Å². The molecule has 6 N–H and O–H groups in total. The van der Waals surface area contributed by atoms with E-state index < -0.39 is 46.4 Å². The highest BCUT2D eigenvalue weighted by Crippen LogP contribution is 2.49.